The Kier molecular flexibility index (Phi) is 7.32. The number of hydrogen-bond donors (Lipinski definition) is 1. The highest BCUT2D eigenvalue weighted by molar-refractivity contribution is 7.85. The van der Waals surface area contributed by atoms with Crippen molar-refractivity contribution in [2.75, 3.05) is 5.75 Å². The van der Waals surface area contributed by atoms with Crippen LogP contribution in [0.4, 0.5) is 0 Å². The highest BCUT2D eigenvalue weighted by Crippen LogP contribution is 2.19. The van der Waals surface area contributed by atoms with E-state index in [-0.39, 0.29) is 11.3 Å². The van der Waals surface area contributed by atoms with E-state index in [1.807, 2.05) is 6.92 Å². The van der Waals surface area contributed by atoms with E-state index >= 15 is 0 Å². The third-order valence-electron chi connectivity index (χ3n) is 3.64. The normalized spacial score (nSPS) is 16.0. The largest absolute Gasteiger partial charge is 0.323 e. The Morgan fingerprint density at radius 3 is 2.32 bits per heavy atom. The second-order valence-corrected chi connectivity index (χ2v) is 7.03. The fraction of sp³-hybridized carbons (Fsp3) is 0.625. The van der Waals surface area contributed by atoms with Gasteiger partial charge in [0, 0.05) is 22.6 Å². The van der Waals surface area contributed by atoms with Gasteiger partial charge in [0.25, 0.3) is 0 Å². The van der Waals surface area contributed by atoms with Crippen molar-refractivity contribution in [2.24, 2.45) is 5.73 Å². The molecule has 3 heteroatoms. The van der Waals surface area contributed by atoms with Crippen LogP contribution >= 0.6 is 0 Å². The third kappa shape index (κ3) is 5.07. The van der Waals surface area contributed by atoms with Gasteiger partial charge >= 0.3 is 0 Å². The Morgan fingerprint density at radius 2 is 1.79 bits per heavy atom. The first-order chi connectivity index (χ1) is 9.10. The average Bonchev–Trinajstić information content (AvgIpc) is 2.46. The van der Waals surface area contributed by atoms with Crippen molar-refractivity contribution in [2.45, 2.75) is 57.7 Å². The molecule has 3 atom stereocenters. The van der Waals surface area contributed by atoms with Crippen LogP contribution in [-0.4, -0.2) is 15.2 Å². The van der Waals surface area contributed by atoms with Crippen LogP contribution in [-0.2, 0) is 17.2 Å². The number of benzene rings is 1. The summed E-state index contributed by atoms with van der Waals surface area (Å²) in [6.07, 6.45) is 4.39. The number of hydrogen-bond acceptors (Lipinski definition) is 2. The van der Waals surface area contributed by atoms with E-state index in [0.717, 1.165) is 37.0 Å². The van der Waals surface area contributed by atoms with Crippen molar-refractivity contribution in [1.82, 2.24) is 0 Å². The van der Waals surface area contributed by atoms with Gasteiger partial charge in [0.05, 0.1) is 5.25 Å². The lowest BCUT2D eigenvalue weighted by molar-refractivity contribution is 0.638. The van der Waals surface area contributed by atoms with Crippen molar-refractivity contribution in [3.05, 3.63) is 35.4 Å². The third-order valence-corrected chi connectivity index (χ3v) is 5.46. The van der Waals surface area contributed by atoms with Crippen LogP contribution < -0.4 is 5.73 Å². The summed E-state index contributed by atoms with van der Waals surface area (Å²) < 4.78 is 12.2. The van der Waals surface area contributed by atoms with Gasteiger partial charge in [-0.3, -0.25) is 4.21 Å². The maximum Gasteiger partial charge on any atom is 0.0512 e. The topological polar surface area (TPSA) is 43.1 Å². The molecule has 0 spiro atoms. The highest BCUT2D eigenvalue weighted by atomic mass is 32.2. The second kappa shape index (κ2) is 8.49. The van der Waals surface area contributed by atoms with Crippen molar-refractivity contribution < 1.29 is 4.21 Å². The fourth-order valence-electron chi connectivity index (χ4n) is 2.09. The van der Waals surface area contributed by atoms with Crippen LogP contribution in [0.5, 0.6) is 0 Å². The van der Waals surface area contributed by atoms with Gasteiger partial charge in [-0.1, -0.05) is 51.0 Å². The summed E-state index contributed by atoms with van der Waals surface area (Å²) in [5.41, 5.74) is 8.65. The maximum absolute atomic E-state index is 12.2. The van der Waals surface area contributed by atoms with Gasteiger partial charge < -0.3 is 5.73 Å². The Hall–Kier alpha value is -0.670. The predicted octanol–water partition coefficient (Wildman–Crippen LogP) is 3.58. The molecule has 1 aromatic rings. The summed E-state index contributed by atoms with van der Waals surface area (Å²) in [7, 11) is -0.829. The van der Waals surface area contributed by atoms with E-state index in [1.54, 1.807) is 0 Å². The lowest BCUT2D eigenvalue weighted by atomic mass is 10.0. The molecule has 0 aliphatic heterocycles. The van der Waals surface area contributed by atoms with Crippen molar-refractivity contribution in [1.29, 1.82) is 0 Å². The maximum atomic E-state index is 12.2. The molecule has 2 nitrogen and oxygen atoms in total. The van der Waals surface area contributed by atoms with Crippen molar-refractivity contribution >= 4 is 10.8 Å². The molecule has 0 fully saturated rings. The fourth-order valence-corrected chi connectivity index (χ4v) is 3.43. The molecule has 1 aromatic carbocycles. The molecule has 0 saturated heterocycles. The van der Waals surface area contributed by atoms with Gasteiger partial charge in [-0.25, -0.2) is 0 Å². The van der Waals surface area contributed by atoms with Crippen LogP contribution in [0.1, 0.15) is 57.2 Å². The van der Waals surface area contributed by atoms with Gasteiger partial charge in [0.1, 0.15) is 0 Å². The molecule has 0 aromatic heterocycles. The minimum absolute atomic E-state index is 0.0179. The Bertz CT molecular complexity index is 388. The monoisotopic (exact) mass is 281 g/mol. The smallest absolute Gasteiger partial charge is 0.0512 e. The van der Waals surface area contributed by atoms with E-state index in [4.69, 9.17) is 5.73 Å². The molecule has 0 amide bonds. The summed E-state index contributed by atoms with van der Waals surface area (Å²) in [5, 5.41) is 0.0179. The van der Waals surface area contributed by atoms with E-state index in [9.17, 15) is 4.21 Å². The summed E-state index contributed by atoms with van der Waals surface area (Å²) in [4.78, 5) is 0. The molecule has 0 heterocycles. The van der Waals surface area contributed by atoms with Crippen LogP contribution in [0.15, 0.2) is 24.3 Å². The minimum atomic E-state index is -0.829. The molecule has 0 saturated carbocycles. The minimum Gasteiger partial charge on any atom is -0.323 e. The first-order valence-electron chi connectivity index (χ1n) is 7.31. The zero-order chi connectivity index (χ0) is 14.3. The van der Waals surface area contributed by atoms with Gasteiger partial charge in [-0.2, -0.15) is 0 Å². The zero-order valence-electron chi connectivity index (χ0n) is 12.4. The molecule has 2 N–H and O–H groups in total. The van der Waals surface area contributed by atoms with Gasteiger partial charge in [0.2, 0.25) is 0 Å². The summed E-state index contributed by atoms with van der Waals surface area (Å²) in [5.74, 6) is 0.774. The van der Waals surface area contributed by atoms with Crippen molar-refractivity contribution in [3.63, 3.8) is 0 Å². The number of aryl methyl sites for hydroxylation is 1. The number of unbranched alkanes of at least 4 members (excludes halogenated alkanes) is 2. The summed E-state index contributed by atoms with van der Waals surface area (Å²) in [6.45, 7) is 6.30. The van der Waals surface area contributed by atoms with E-state index in [1.165, 1.54) is 5.56 Å². The molecule has 0 bridgehead atoms. The molecule has 19 heavy (non-hydrogen) atoms. The SMILES string of the molecule is CCCCCS(=O)C(C)C(N)c1ccc(CC)cc1. The first kappa shape index (κ1) is 16.4. The molecular weight excluding hydrogens is 254 g/mol. The quantitative estimate of drug-likeness (QED) is 0.740. The summed E-state index contributed by atoms with van der Waals surface area (Å²) >= 11 is 0. The molecule has 108 valence electrons. The van der Waals surface area contributed by atoms with Gasteiger partial charge in [0.15, 0.2) is 0 Å². The van der Waals surface area contributed by atoms with Crippen LogP contribution in [0.3, 0.4) is 0 Å². The highest BCUT2D eigenvalue weighted by Gasteiger charge is 2.20. The molecular formula is C16H27NOS. The molecule has 0 aliphatic carbocycles. The standard InChI is InChI=1S/C16H27NOS/c1-4-6-7-12-19(18)13(3)16(17)15-10-8-14(5-2)9-11-15/h8-11,13,16H,4-7,12,17H2,1-3H3. The molecule has 3 unspecified atom stereocenters. The van der Waals surface area contributed by atoms with Gasteiger partial charge in [-0.15, -0.1) is 0 Å². The average molecular weight is 281 g/mol. The number of rotatable bonds is 8. The van der Waals surface area contributed by atoms with E-state index in [2.05, 4.69) is 38.1 Å². The number of nitrogens with two attached hydrogens (primary N) is 1. The molecule has 0 aliphatic rings. The first-order valence-corrected chi connectivity index (χ1v) is 8.69. The molecule has 1 rings (SSSR count). The van der Waals surface area contributed by atoms with Gasteiger partial charge in [-0.05, 0) is 30.9 Å². The Labute approximate surface area is 120 Å². The molecule has 0 radical (unpaired) electrons. The lowest BCUT2D eigenvalue weighted by Crippen LogP contribution is -2.29. The van der Waals surface area contributed by atoms with Crippen LogP contribution in [0, 0.1) is 0 Å². The zero-order valence-corrected chi connectivity index (χ0v) is 13.2. The summed E-state index contributed by atoms with van der Waals surface area (Å²) in [6, 6.07) is 8.24. The second-order valence-electron chi connectivity index (χ2n) is 5.12. The van der Waals surface area contributed by atoms with E-state index < -0.39 is 10.8 Å². The van der Waals surface area contributed by atoms with Crippen LogP contribution in [0.25, 0.3) is 0 Å². The van der Waals surface area contributed by atoms with Crippen LogP contribution in [0.2, 0.25) is 0 Å². The predicted molar refractivity (Wildman–Crippen MR) is 84.7 cm³/mol. The van der Waals surface area contributed by atoms with Crippen molar-refractivity contribution in [3.8, 4) is 0 Å². The Morgan fingerprint density at radius 1 is 1.16 bits per heavy atom. The van der Waals surface area contributed by atoms with E-state index in [0.29, 0.717) is 0 Å². The lowest BCUT2D eigenvalue weighted by Gasteiger charge is -2.20. The Balaban J connectivity index is 2.59.